The SMILES string of the molecule is CC(C)(C)OC(=O)Nc1ccccc1Nc1nc2ccccc2[nH]1. The highest BCUT2D eigenvalue weighted by atomic mass is 16.6. The van der Waals surface area contributed by atoms with Gasteiger partial charge >= 0.3 is 6.09 Å². The number of nitrogens with zero attached hydrogens (tertiary/aromatic N) is 1. The molecule has 0 saturated heterocycles. The second-order valence-corrected chi connectivity index (χ2v) is 6.40. The molecule has 6 nitrogen and oxygen atoms in total. The van der Waals surface area contributed by atoms with E-state index in [0.717, 1.165) is 16.7 Å². The first-order valence-electron chi connectivity index (χ1n) is 7.71. The summed E-state index contributed by atoms with van der Waals surface area (Å²) in [5, 5.41) is 5.95. The lowest BCUT2D eigenvalue weighted by atomic mass is 10.2. The van der Waals surface area contributed by atoms with Gasteiger partial charge in [-0.05, 0) is 45.0 Å². The standard InChI is InChI=1S/C18H20N4O2/c1-18(2,3)24-17(23)22-15-11-7-6-10-14(15)21-16-19-12-8-4-5-9-13(12)20-16/h4-11H,1-3H3,(H,22,23)(H2,19,20,21). The van der Waals surface area contributed by atoms with Crippen LogP contribution in [-0.2, 0) is 4.74 Å². The van der Waals surface area contributed by atoms with Crippen molar-refractivity contribution in [1.82, 2.24) is 9.97 Å². The van der Waals surface area contributed by atoms with Gasteiger partial charge in [0.15, 0.2) is 0 Å². The fourth-order valence-corrected chi connectivity index (χ4v) is 2.25. The Labute approximate surface area is 140 Å². The molecular formula is C18H20N4O2. The molecule has 2 aromatic carbocycles. The molecule has 1 amide bonds. The van der Waals surface area contributed by atoms with Crippen LogP contribution in [0.1, 0.15) is 20.8 Å². The number of carbonyl (C=O) groups is 1. The smallest absolute Gasteiger partial charge is 0.412 e. The summed E-state index contributed by atoms with van der Waals surface area (Å²) in [6.45, 7) is 5.47. The molecular weight excluding hydrogens is 304 g/mol. The third-order valence-corrected chi connectivity index (χ3v) is 3.21. The fraction of sp³-hybridized carbons (Fsp3) is 0.222. The molecule has 0 aliphatic heterocycles. The minimum atomic E-state index is -0.550. The number of nitrogens with one attached hydrogen (secondary N) is 3. The number of amides is 1. The summed E-state index contributed by atoms with van der Waals surface area (Å²) >= 11 is 0. The molecule has 6 heteroatoms. The van der Waals surface area contributed by atoms with Crippen molar-refractivity contribution in [2.24, 2.45) is 0 Å². The van der Waals surface area contributed by atoms with Crippen LogP contribution >= 0.6 is 0 Å². The van der Waals surface area contributed by atoms with Crippen molar-refractivity contribution in [1.29, 1.82) is 0 Å². The fourth-order valence-electron chi connectivity index (χ4n) is 2.25. The minimum Gasteiger partial charge on any atom is -0.444 e. The molecule has 0 fully saturated rings. The average molecular weight is 324 g/mol. The Bertz CT molecular complexity index is 832. The van der Waals surface area contributed by atoms with Gasteiger partial charge in [-0.3, -0.25) is 5.32 Å². The van der Waals surface area contributed by atoms with Crippen molar-refractivity contribution < 1.29 is 9.53 Å². The number of para-hydroxylation sites is 4. The Morgan fingerprint density at radius 3 is 2.42 bits per heavy atom. The third-order valence-electron chi connectivity index (χ3n) is 3.21. The van der Waals surface area contributed by atoms with E-state index in [1.165, 1.54) is 0 Å². The van der Waals surface area contributed by atoms with Gasteiger partial charge in [0.25, 0.3) is 0 Å². The molecule has 0 spiro atoms. The van der Waals surface area contributed by atoms with Crippen LogP contribution in [0.15, 0.2) is 48.5 Å². The van der Waals surface area contributed by atoms with E-state index in [0.29, 0.717) is 11.6 Å². The van der Waals surface area contributed by atoms with E-state index in [1.807, 2.05) is 63.2 Å². The second-order valence-electron chi connectivity index (χ2n) is 6.40. The topological polar surface area (TPSA) is 79.0 Å². The molecule has 3 aromatic rings. The summed E-state index contributed by atoms with van der Waals surface area (Å²) in [7, 11) is 0. The summed E-state index contributed by atoms with van der Waals surface area (Å²) in [6, 6.07) is 15.2. The zero-order valence-electron chi connectivity index (χ0n) is 13.9. The molecule has 0 aliphatic carbocycles. The first kappa shape index (κ1) is 15.9. The normalized spacial score (nSPS) is 11.3. The minimum absolute atomic E-state index is 0.499. The predicted octanol–water partition coefficient (Wildman–Crippen LogP) is 4.65. The highest BCUT2D eigenvalue weighted by molar-refractivity contribution is 5.90. The van der Waals surface area contributed by atoms with Gasteiger partial charge in [0, 0.05) is 0 Å². The maximum Gasteiger partial charge on any atom is 0.412 e. The number of benzene rings is 2. The predicted molar refractivity (Wildman–Crippen MR) is 95.7 cm³/mol. The zero-order valence-corrected chi connectivity index (χ0v) is 13.9. The van der Waals surface area contributed by atoms with Gasteiger partial charge in [-0.25, -0.2) is 9.78 Å². The van der Waals surface area contributed by atoms with Gasteiger partial charge in [-0.2, -0.15) is 0 Å². The van der Waals surface area contributed by atoms with Crippen LogP contribution in [-0.4, -0.2) is 21.7 Å². The average Bonchev–Trinajstić information content (AvgIpc) is 2.89. The number of rotatable bonds is 3. The Balaban J connectivity index is 1.80. The number of ether oxygens (including phenoxy) is 1. The van der Waals surface area contributed by atoms with Gasteiger partial charge in [-0.15, -0.1) is 0 Å². The highest BCUT2D eigenvalue weighted by Crippen LogP contribution is 2.25. The third kappa shape index (κ3) is 3.84. The molecule has 1 aromatic heterocycles. The molecule has 0 atom stereocenters. The van der Waals surface area contributed by atoms with E-state index in [2.05, 4.69) is 20.6 Å². The van der Waals surface area contributed by atoms with Crippen molar-refractivity contribution in [3.63, 3.8) is 0 Å². The Kier molecular flexibility index (Phi) is 4.12. The number of H-pyrrole nitrogens is 1. The van der Waals surface area contributed by atoms with E-state index in [4.69, 9.17) is 4.74 Å². The number of hydrogen-bond donors (Lipinski definition) is 3. The van der Waals surface area contributed by atoms with Gasteiger partial charge < -0.3 is 15.0 Å². The zero-order chi connectivity index (χ0) is 17.2. The number of aromatic amines is 1. The van der Waals surface area contributed by atoms with Gasteiger partial charge in [0.05, 0.1) is 22.4 Å². The number of anilines is 3. The van der Waals surface area contributed by atoms with E-state index < -0.39 is 11.7 Å². The van der Waals surface area contributed by atoms with Crippen LogP contribution in [0.25, 0.3) is 11.0 Å². The molecule has 0 saturated carbocycles. The number of imidazole rings is 1. The van der Waals surface area contributed by atoms with Crippen LogP contribution in [0.2, 0.25) is 0 Å². The largest absolute Gasteiger partial charge is 0.444 e. The Morgan fingerprint density at radius 1 is 1.04 bits per heavy atom. The summed E-state index contributed by atoms with van der Waals surface area (Å²) in [5.74, 6) is 0.606. The van der Waals surface area contributed by atoms with Crippen LogP contribution in [0.5, 0.6) is 0 Å². The maximum absolute atomic E-state index is 12.0. The lowest BCUT2D eigenvalue weighted by Crippen LogP contribution is -2.27. The Morgan fingerprint density at radius 2 is 1.71 bits per heavy atom. The second kappa shape index (κ2) is 6.23. The molecule has 3 N–H and O–H groups in total. The van der Waals surface area contributed by atoms with Crippen molar-refractivity contribution in [3.05, 3.63) is 48.5 Å². The van der Waals surface area contributed by atoms with Gasteiger partial charge in [0.1, 0.15) is 5.60 Å². The Hall–Kier alpha value is -3.02. The van der Waals surface area contributed by atoms with Crippen molar-refractivity contribution in [2.45, 2.75) is 26.4 Å². The van der Waals surface area contributed by atoms with Crippen molar-refractivity contribution in [2.75, 3.05) is 10.6 Å². The quantitative estimate of drug-likeness (QED) is 0.655. The lowest BCUT2D eigenvalue weighted by molar-refractivity contribution is 0.0636. The number of hydrogen-bond acceptors (Lipinski definition) is 4. The summed E-state index contributed by atoms with van der Waals surface area (Å²) in [5.41, 5.74) is 2.61. The first-order chi connectivity index (χ1) is 11.4. The van der Waals surface area contributed by atoms with Crippen molar-refractivity contribution >= 4 is 34.4 Å². The van der Waals surface area contributed by atoms with Crippen LogP contribution in [0.3, 0.4) is 0 Å². The van der Waals surface area contributed by atoms with Gasteiger partial charge in [-0.1, -0.05) is 24.3 Å². The lowest BCUT2D eigenvalue weighted by Gasteiger charge is -2.20. The summed E-state index contributed by atoms with van der Waals surface area (Å²) in [4.78, 5) is 19.7. The van der Waals surface area contributed by atoms with Crippen molar-refractivity contribution in [3.8, 4) is 0 Å². The van der Waals surface area contributed by atoms with E-state index in [-0.39, 0.29) is 0 Å². The summed E-state index contributed by atoms with van der Waals surface area (Å²) < 4.78 is 5.29. The van der Waals surface area contributed by atoms with E-state index >= 15 is 0 Å². The number of aromatic nitrogens is 2. The van der Waals surface area contributed by atoms with Crippen LogP contribution < -0.4 is 10.6 Å². The van der Waals surface area contributed by atoms with Crippen LogP contribution in [0, 0.1) is 0 Å². The molecule has 124 valence electrons. The molecule has 24 heavy (non-hydrogen) atoms. The molecule has 0 unspecified atom stereocenters. The molecule has 0 aliphatic rings. The van der Waals surface area contributed by atoms with E-state index in [1.54, 1.807) is 6.07 Å². The molecule has 1 heterocycles. The highest BCUT2D eigenvalue weighted by Gasteiger charge is 2.17. The van der Waals surface area contributed by atoms with Gasteiger partial charge in [0.2, 0.25) is 5.95 Å². The monoisotopic (exact) mass is 324 g/mol. The number of fused-ring (bicyclic) bond motifs is 1. The number of carbonyl (C=O) groups excluding carboxylic acids is 1. The van der Waals surface area contributed by atoms with E-state index in [9.17, 15) is 4.79 Å². The summed E-state index contributed by atoms with van der Waals surface area (Å²) in [6.07, 6.45) is -0.499. The maximum atomic E-state index is 12.0. The molecule has 0 bridgehead atoms. The first-order valence-corrected chi connectivity index (χ1v) is 7.71. The molecule has 3 rings (SSSR count). The van der Waals surface area contributed by atoms with Crippen LogP contribution in [0.4, 0.5) is 22.1 Å². The molecule has 0 radical (unpaired) electrons.